The number of rotatable bonds is 4. The van der Waals surface area contributed by atoms with Crippen LogP contribution in [-0.4, -0.2) is 36.6 Å². The third-order valence-electron chi connectivity index (χ3n) is 4.24. The molecule has 1 saturated heterocycles. The smallest absolute Gasteiger partial charge is 0.227 e. The normalized spacial score (nSPS) is 21.0. The van der Waals surface area contributed by atoms with Gasteiger partial charge in [0.15, 0.2) is 0 Å². The SMILES string of the molecule is CCC(=O)N(c1ccccc1F)[C@H]1CCN(OC)C(=C=O)[C@H]1C. The first-order valence-electron chi connectivity index (χ1n) is 7.68. The molecule has 2 atom stereocenters. The van der Waals surface area contributed by atoms with Crippen LogP contribution in [0.15, 0.2) is 30.0 Å². The minimum Gasteiger partial charge on any atom is -0.306 e. The molecular formula is C17H21FN2O3. The van der Waals surface area contributed by atoms with Gasteiger partial charge in [0, 0.05) is 24.9 Å². The molecule has 5 nitrogen and oxygen atoms in total. The van der Waals surface area contributed by atoms with Crippen molar-refractivity contribution < 1.29 is 18.8 Å². The summed E-state index contributed by atoms with van der Waals surface area (Å²) in [6.07, 6.45) is 0.825. The summed E-state index contributed by atoms with van der Waals surface area (Å²) < 4.78 is 14.2. The van der Waals surface area contributed by atoms with Gasteiger partial charge in [-0.2, -0.15) is 0 Å². The van der Waals surface area contributed by atoms with Crippen LogP contribution in [-0.2, 0) is 14.4 Å². The van der Waals surface area contributed by atoms with Crippen LogP contribution >= 0.6 is 0 Å². The monoisotopic (exact) mass is 320 g/mol. The molecule has 0 spiro atoms. The first-order chi connectivity index (χ1) is 11.0. The Morgan fingerprint density at radius 1 is 1.48 bits per heavy atom. The molecule has 1 aliphatic heterocycles. The van der Waals surface area contributed by atoms with E-state index in [0.717, 1.165) is 0 Å². The first kappa shape index (κ1) is 17.2. The maximum Gasteiger partial charge on any atom is 0.227 e. The Morgan fingerprint density at radius 3 is 2.74 bits per heavy atom. The minimum atomic E-state index is -0.452. The summed E-state index contributed by atoms with van der Waals surface area (Å²) >= 11 is 0. The van der Waals surface area contributed by atoms with Crippen LogP contribution in [0.4, 0.5) is 10.1 Å². The van der Waals surface area contributed by atoms with Crippen molar-refractivity contribution in [3.63, 3.8) is 0 Å². The second kappa shape index (κ2) is 7.40. The van der Waals surface area contributed by atoms with E-state index in [9.17, 15) is 14.0 Å². The van der Waals surface area contributed by atoms with Crippen molar-refractivity contribution in [1.82, 2.24) is 5.06 Å². The van der Waals surface area contributed by atoms with Gasteiger partial charge in [-0.05, 0) is 18.6 Å². The number of piperidine rings is 1. The zero-order valence-electron chi connectivity index (χ0n) is 13.6. The molecule has 1 heterocycles. The van der Waals surface area contributed by atoms with Gasteiger partial charge in [-0.1, -0.05) is 26.0 Å². The highest BCUT2D eigenvalue weighted by atomic mass is 19.1. The average Bonchev–Trinajstić information content (AvgIpc) is 2.57. The predicted molar refractivity (Wildman–Crippen MR) is 84.7 cm³/mol. The Hall–Kier alpha value is -2.17. The second-order valence-electron chi connectivity index (χ2n) is 5.49. The molecular weight excluding hydrogens is 299 g/mol. The number of hydrogen-bond acceptors (Lipinski definition) is 4. The summed E-state index contributed by atoms with van der Waals surface area (Å²) in [4.78, 5) is 30.4. The third kappa shape index (κ3) is 3.28. The molecule has 6 heteroatoms. The van der Waals surface area contributed by atoms with E-state index < -0.39 is 5.82 Å². The molecule has 1 aromatic carbocycles. The summed E-state index contributed by atoms with van der Waals surface area (Å²) in [6, 6.07) is 5.88. The predicted octanol–water partition coefficient (Wildman–Crippen LogP) is 2.56. The molecule has 1 fully saturated rings. The molecule has 0 unspecified atom stereocenters. The van der Waals surface area contributed by atoms with Crippen molar-refractivity contribution in [2.45, 2.75) is 32.7 Å². The molecule has 0 aliphatic carbocycles. The van der Waals surface area contributed by atoms with E-state index in [1.165, 1.54) is 23.1 Å². The Kier molecular flexibility index (Phi) is 5.53. The highest BCUT2D eigenvalue weighted by Crippen LogP contribution is 2.33. The molecule has 0 N–H and O–H groups in total. The van der Waals surface area contributed by atoms with Crippen molar-refractivity contribution in [2.75, 3.05) is 18.6 Å². The van der Waals surface area contributed by atoms with Crippen molar-refractivity contribution in [3.8, 4) is 0 Å². The Bertz CT molecular complexity index is 628. The molecule has 0 radical (unpaired) electrons. The van der Waals surface area contributed by atoms with Gasteiger partial charge in [-0.3, -0.25) is 9.63 Å². The van der Waals surface area contributed by atoms with Crippen LogP contribution in [0.5, 0.6) is 0 Å². The lowest BCUT2D eigenvalue weighted by Gasteiger charge is -2.42. The highest BCUT2D eigenvalue weighted by molar-refractivity contribution is 5.94. The average molecular weight is 320 g/mol. The lowest BCUT2D eigenvalue weighted by Crippen LogP contribution is -2.51. The zero-order chi connectivity index (χ0) is 17.0. The molecule has 23 heavy (non-hydrogen) atoms. The Labute approximate surface area is 135 Å². The summed E-state index contributed by atoms with van der Waals surface area (Å²) in [6.45, 7) is 4.01. The fraction of sp³-hybridized carbons (Fsp3) is 0.471. The number of hydrogen-bond donors (Lipinski definition) is 0. The van der Waals surface area contributed by atoms with Gasteiger partial charge in [-0.25, -0.2) is 14.2 Å². The number of para-hydroxylation sites is 1. The molecule has 0 aromatic heterocycles. The molecule has 1 amide bonds. The van der Waals surface area contributed by atoms with E-state index >= 15 is 0 Å². The van der Waals surface area contributed by atoms with Crippen LogP contribution in [0.25, 0.3) is 0 Å². The van der Waals surface area contributed by atoms with E-state index in [2.05, 4.69) is 0 Å². The Morgan fingerprint density at radius 2 is 2.17 bits per heavy atom. The van der Waals surface area contributed by atoms with Crippen molar-refractivity contribution in [2.24, 2.45) is 5.92 Å². The van der Waals surface area contributed by atoms with Gasteiger partial charge < -0.3 is 4.90 Å². The topological polar surface area (TPSA) is 49.9 Å². The van der Waals surface area contributed by atoms with Crippen molar-refractivity contribution >= 4 is 17.5 Å². The summed E-state index contributed by atoms with van der Waals surface area (Å²) in [7, 11) is 1.48. The maximum atomic E-state index is 14.2. The molecule has 0 bridgehead atoms. The number of carbonyl (C=O) groups is 1. The number of halogens is 1. The van der Waals surface area contributed by atoms with Crippen LogP contribution in [0.3, 0.4) is 0 Å². The van der Waals surface area contributed by atoms with Gasteiger partial charge in [0.2, 0.25) is 5.91 Å². The molecule has 1 aliphatic rings. The number of benzene rings is 1. The van der Waals surface area contributed by atoms with Crippen LogP contribution in [0, 0.1) is 11.7 Å². The van der Waals surface area contributed by atoms with E-state index in [4.69, 9.17) is 4.84 Å². The van der Waals surface area contributed by atoms with Gasteiger partial charge in [-0.15, -0.1) is 0 Å². The van der Waals surface area contributed by atoms with Crippen molar-refractivity contribution in [3.05, 3.63) is 35.8 Å². The van der Waals surface area contributed by atoms with Gasteiger partial charge in [0.25, 0.3) is 0 Å². The fourth-order valence-electron chi connectivity index (χ4n) is 3.03. The molecule has 124 valence electrons. The largest absolute Gasteiger partial charge is 0.306 e. The molecule has 1 aromatic rings. The second-order valence-corrected chi connectivity index (χ2v) is 5.49. The summed E-state index contributed by atoms with van der Waals surface area (Å²) in [5.74, 6) is 0.960. The van der Waals surface area contributed by atoms with Crippen LogP contribution < -0.4 is 4.90 Å². The quantitative estimate of drug-likeness (QED) is 0.800. The summed E-state index contributed by atoms with van der Waals surface area (Å²) in [5, 5.41) is 1.48. The van der Waals surface area contributed by atoms with Crippen LogP contribution in [0.2, 0.25) is 0 Å². The van der Waals surface area contributed by atoms with E-state index in [0.29, 0.717) is 18.7 Å². The Balaban J connectivity index is 2.43. The van der Waals surface area contributed by atoms with Gasteiger partial charge >= 0.3 is 0 Å². The number of carbonyl (C=O) groups excluding carboxylic acids is 2. The number of amides is 1. The molecule has 0 saturated carbocycles. The zero-order valence-corrected chi connectivity index (χ0v) is 13.6. The van der Waals surface area contributed by atoms with Crippen molar-refractivity contribution in [1.29, 1.82) is 0 Å². The van der Waals surface area contributed by atoms with E-state index in [1.807, 2.05) is 12.9 Å². The minimum absolute atomic E-state index is 0.178. The number of nitrogens with zero attached hydrogens (tertiary/aromatic N) is 2. The third-order valence-corrected chi connectivity index (χ3v) is 4.24. The lowest BCUT2D eigenvalue weighted by molar-refractivity contribution is -0.126. The maximum absolute atomic E-state index is 14.2. The highest BCUT2D eigenvalue weighted by Gasteiger charge is 2.38. The van der Waals surface area contributed by atoms with E-state index in [1.54, 1.807) is 25.1 Å². The van der Waals surface area contributed by atoms with Crippen LogP contribution in [0.1, 0.15) is 26.7 Å². The summed E-state index contributed by atoms with van der Waals surface area (Å²) in [5.41, 5.74) is 0.585. The van der Waals surface area contributed by atoms with Gasteiger partial charge in [0.05, 0.1) is 12.8 Å². The standard InChI is InChI=1S/C17H21FN2O3/c1-4-17(22)20(15-8-6-5-7-13(15)18)14-9-10-19(23-3)16(11-21)12(14)2/h5-8,12,14H,4,9-10H2,1-3H3/t12-,14-/m0/s1. The number of hydroxylamine groups is 2. The first-order valence-corrected chi connectivity index (χ1v) is 7.68. The van der Waals surface area contributed by atoms with E-state index in [-0.39, 0.29) is 30.0 Å². The molecule has 2 rings (SSSR count). The fourth-order valence-corrected chi connectivity index (χ4v) is 3.03. The lowest BCUT2D eigenvalue weighted by atomic mass is 9.89. The van der Waals surface area contributed by atoms with Gasteiger partial charge in [0.1, 0.15) is 17.5 Å². The number of anilines is 1.